The molecule has 0 fully saturated rings. The smallest absolute Gasteiger partial charge is 0.253 e. The molecule has 2 amide bonds. The Morgan fingerprint density at radius 2 is 1.51 bits per heavy atom. The quantitative estimate of drug-likeness (QED) is 0.453. The van der Waals surface area contributed by atoms with Crippen LogP contribution in [0.3, 0.4) is 0 Å². The third-order valence-electron chi connectivity index (χ3n) is 5.69. The van der Waals surface area contributed by atoms with Gasteiger partial charge in [0.25, 0.3) is 5.91 Å². The Labute approximate surface area is 207 Å². The van der Waals surface area contributed by atoms with Gasteiger partial charge in [0, 0.05) is 0 Å². The molecule has 3 aromatic rings. The number of hydrogen-bond donors (Lipinski definition) is 2. The second-order valence-electron chi connectivity index (χ2n) is 8.46. The number of nitrogens with zero attached hydrogens (tertiary/aromatic N) is 1. The lowest BCUT2D eigenvalue weighted by Gasteiger charge is -2.30. The highest BCUT2D eigenvalue weighted by atomic mass is 32.2. The Kier molecular flexibility index (Phi) is 8.30. The molecule has 0 saturated carbocycles. The van der Waals surface area contributed by atoms with Crippen molar-refractivity contribution >= 4 is 33.2 Å². The molecule has 35 heavy (non-hydrogen) atoms. The molecule has 184 valence electrons. The van der Waals surface area contributed by atoms with E-state index in [1.807, 2.05) is 44.2 Å². The van der Waals surface area contributed by atoms with Gasteiger partial charge in [-0.15, -0.1) is 0 Å². The molecule has 0 aliphatic heterocycles. The molecule has 2 atom stereocenters. The summed E-state index contributed by atoms with van der Waals surface area (Å²) in [7, 11) is -3.76. The van der Waals surface area contributed by atoms with Crippen LogP contribution in [0.15, 0.2) is 78.9 Å². The number of rotatable bonds is 9. The maximum Gasteiger partial charge on any atom is 0.253 e. The molecule has 0 spiro atoms. The van der Waals surface area contributed by atoms with Crippen LogP contribution in [0.2, 0.25) is 0 Å². The summed E-state index contributed by atoms with van der Waals surface area (Å²) < 4.78 is 26.5. The third-order valence-corrected chi connectivity index (χ3v) is 6.87. The molecule has 0 bridgehead atoms. The third kappa shape index (κ3) is 6.48. The van der Waals surface area contributed by atoms with Crippen molar-refractivity contribution in [2.24, 2.45) is 0 Å². The van der Waals surface area contributed by atoms with Crippen molar-refractivity contribution in [3.8, 4) is 0 Å². The fourth-order valence-electron chi connectivity index (χ4n) is 3.86. The highest BCUT2D eigenvalue weighted by Crippen LogP contribution is 2.25. The molecular formula is C27H31N3O4S. The van der Waals surface area contributed by atoms with E-state index >= 15 is 0 Å². The van der Waals surface area contributed by atoms with E-state index in [4.69, 9.17) is 0 Å². The molecule has 2 unspecified atom stereocenters. The van der Waals surface area contributed by atoms with E-state index in [9.17, 15) is 18.0 Å². The summed E-state index contributed by atoms with van der Waals surface area (Å²) in [6.07, 6.45) is 1.32. The van der Waals surface area contributed by atoms with Crippen molar-refractivity contribution in [1.82, 2.24) is 5.32 Å². The summed E-state index contributed by atoms with van der Waals surface area (Å²) >= 11 is 0. The fraction of sp³-hybridized carbons (Fsp3) is 0.259. The van der Waals surface area contributed by atoms with Crippen molar-refractivity contribution in [3.05, 3.63) is 95.6 Å². The van der Waals surface area contributed by atoms with Gasteiger partial charge in [-0.3, -0.25) is 13.9 Å². The van der Waals surface area contributed by atoms with Gasteiger partial charge in [-0.25, -0.2) is 8.42 Å². The van der Waals surface area contributed by atoms with Crippen LogP contribution in [0.4, 0.5) is 11.4 Å². The first kappa shape index (κ1) is 26.0. The minimum atomic E-state index is -3.76. The summed E-state index contributed by atoms with van der Waals surface area (Å²) in [6, 6.07) is 22.0. The summed E-state index contributed by atoms with van der Waals surface area (Å²) in [5.74, 6) is -0.862. The van der Waals surface area contributed by atoms with Gasteiger partial charge in [-0.2, -0.15) is 0 Å². The molecule has 0 heterocycles. The maximum atomic E-state index is 13.3. The average Bonchev–Trinajstić information content (AvgIpc) is 2.83. The van der Waals surface area contributed by atoms with Gasteiger partial charge in [0.15, 0.2) is 0 Å². The van der Waals surface area contributed by atoms with Crippen LogP contribution in [-0.4, -0.2) is 32.5 Å². The summed E-state index contributed by atoms with van der Waals surface area (Å²) in [4.78, 5) is 26.4. The number of sulfonamides is 1. The summed E-state index contributed by atoms with van der Waals surface area (Å²) in [5.41, 5.74) is 2.94. The molecule has 2 N–H and O–H groups in total. The lowest BCUT2D eigenvalue weighted by Crippen LogP contribution is -2.47. The van der Waals surface area contributed by atoms with Gasteiger partial charge in [0.2, 0.25) is 15.9 Å². The van der Waals surface area contributed by atoms with Gasteiger partial charge in [0.05, 0.1) is 29.2 Å². The second-order valence-corrected chi connectivity index (χ2v) is 10.3. The Hall–Kier alpha value is -3.65. The second kappa shape index (κ2) is 11.2. The largest absolute Gasteiger partial charge is 0.345 e. The van der Waals surface area contributed by atoms with Crippen molar-refractivity contribution in [1.29, 1.82) is 0 Å². The van der Waals surface area contributed by atoms with Crippen LogP contribution in [0.5, 0.6) is 0 Å². The van der Waals surface area contributed by atoms with Crippen LogP contribution in [0.25, 0.3) is 0 Å². The van der Waals surface area contributed by atoms with Crippen LogP contribution >= 0.6 is 0 Å². The van der Waals surface area contributed by atoms with E-state index < -0.39 is 22.0 Å². The zero-order chi connectivity index (χ0) is 25.6. The molecule has 0 radical (unpaired) electrons. The van der Waals surface area contributed by atoms with Crippen molar-refractivity contribution < 1.29 is 18.0 Å². The standard InChI is InChI=1S/C27H31N3O4S/c1-5-25(30(35(4,33)34)22-17-15-19(2)16-18-22)27(32)29-24-14-10-9-13-23(24)26(31)28-20(3)21-11-7-6-8-12-21/h6-18,20,25H,5H2,1-4H3,(H,28,31)(H,29,32). The van der Waals surface area contributed by atoms with E-state index in [1.54, 1.807) is 55.5 Å². The number of para-hydroxylation sites is 1. The zero-order valence-electron chi connectivity index (χ0n) is 20.4. The Bertz CT molecular complexity index is 1280. The number of carbonyl (C=O) groups is 2. The minimum absolute atomic E-state index is 0.238. The number of nitrogens with one attached hydrogen (secondary N) is 2. The lowest BCUT2D eigenvalue weighted by molar-refractivity contribution is -0.117. The van der Waals surface area contributed by atoms with Crippen LogP contribution < -0.4 is 14.9 Å². The monoisotopic (exact) mass is 493 g/mol. The normalized spacial score (nSPS) is 12.9. The molecule has 3 rings (SSSR count). The number of aryl methyl sites for hydroxylation is 1. The highest BCUT2D eigenvalue weighted by Gasteiger charge is 2.32. The van der Waals surface area contributed by atoms with Gasteiger partial charge >= 0.3 is 0 Å². The Morgan fingerprint density at radius 3 is 2.11 bits per heavy atom. The van der Waals surface area contributed by atoms with Gasteiger partial charge in [-0.1, -0.05) is 67.1 Å². The molecule has 8 heteroatoms. The van der Waals surface area contributed by atoms with Gasteiger partial charge in [0.1, 0.15) is 6.04 Å². The van der Waals surface area contributed by atoms with E-state index in [0.29, 0.717) is 16.9 Å². The van der Waals surface area contributed by atoms with E-state index in [-0.39, 0.29) is 18.4 Å². The molecule has 0 aromatic heterocycles. The number of amides is 2. The van der Waals surface area contributed by atoms with Crippen molar-refractivity contribution in [2.75, 3.05) is 15.9 Å². The minimum Gasteiger partial charge on any atom is -0.345 e. The van der Waals surface area contributed by atoms with Crippen molar-refractivity contribution in [2.45, 2.75) is 39.3 Å². The number of carbonyl (C=O) groups excluding carboxylic acids is 2. The Balaban J connectivity index is 1.85. The summed E-state index contributed by atoms with van der Waals surface area (Å²) in [5, 5.41) is 5.73. The topological polar surface area (TPSA) is 95.6 Å². The zero-order valence-corrected chi connectivity index (χ0v) is 21.2. The van der Waals surface area contributed by atoms with Crippen LogP contribution in [-0.2, 0) is 14.8 Å². The van der Waals surface area contributed by atoms with E-state index in [0.717, 1.165) is 21.7 Å². The van der Waals surface area contributed by atoms with Crippen LogP contribution in [0, 0.1) is 6.92 Å². The van der Waals surface area contributed by atoms with Crippen molar-refractivity contribution in [3.63, 3.8) is 0 Å². The van der Waals surface area contributed by atoms with E-state index in [1.165, 1.54) is 0 Å². The number of anilines is 2. The molecule has 7 nitrogen and oxygen atoms in total. The first-order valence-electron chi connectivity index (χ1n) is 11.4. The molecule has 3 aromatic carbocycles. The maximum absolute atomic E-state index is 13.3. The molecule has 0 aliphatic rings. The first-order valence-corrected chi connectivity index (χ1v) is 13.3. The first-order chi connectivity index (χ1) is 16.6. The number of benzene rings is 3. The predicted molar refractivity (Wildman–Crippen MR) is 140 cm³/mol. The molecular weight excluding hydrogens is 462 g/mol. The number of hydrogen-bond acceptors (Lipinski definition) is 4. The lowest BCUT2D eigenvalue weighted by atomic mass is 10.1. The van der Waals surface area contributed by atoms with Crippen LogP contribution in [0.1, 0.15) is 47.8 Å². The van der Waals surface area contributed by atoms with E-state index in [2.05, 4.69) is 10.6 Å². The highest BCUT2D eigenvalue weighted by molar-refractivity contribution is 7.92. The predicted octanol–water partition coefficient (Wildman–Crippen LogP) is 4.67. The SMILES string of the molecule is CCC(C(=O)Nc1ccccc1C(=O)NC(C)c1ccccc1)N(c1ccc(C)cc1)S(C)(=O)=O. The molecule has 0 aliphatic carbocycles. The fourth-order valence-corrected chi connectivity index (χ4v) is 5.07. The van der Waals surface area contributed by atoms with Gasteiger partial charge < -0.3 is 10.6 Å². The van der Waals surface area contributed by atoms with Gasteiger partial charge in [-0.05, 0) is 50.1 Å². The average molecular weight is 494 g/mol. The Morgan fingerprint density at radius 1 is 0.914 bits per heavy atom. The molecule has 0 saturated heterocycles. The summed E-state index contributed by atoms with van der Waals surface area (Å²) in [6.45, 7) is 5.53.